The highest BCUT2D eigenvalue weighted by Gasteiger charge is 2.17. The number of benzene rings is 1. The predicted molar refractivity (Wildman–Crippen MR) is 74.9 cm³/mol. The summed E-state index contributed by atoms with van der Waals surface area (Å²) in [6.07, 6.45) is 3.42. The minimum Gasteiger partial charge on any atom is -0.399 e. The number of rotatable bonds is 3. The van der Waals surface area contributed by atoms with Crippen molar-refractivity contribution in [2.24, 2.45) is 0 Å². The van der Waals surface area contributed by atoms with E-state index in [1.165, 1.54) is 23.1 Å². The van der Waals surface area contributed by atoms with Crippen LogP contribution in [0, 0.1) is 0 Å². The van der Waals surface area contributed by atoms with Gasteiger partial charge in [-0.15, -0.1) is 0 Å². The number of hydrogen-bond donors (Lipinski definition) is 1. The van der Waals surface area contributed by atoms with E-state index in [0.29, 0.717) is 0 Å². The van der Waals surface area contributed by atoms with E-state index in [2.05, 4.69) is 38.1 Å². The maximum absolute atomic E-state index is 5.86. The van der Waals surface area contributed by atoms with Crippen molar-refractivity contribution >= 4 is 11.3 Å². The van der Waals surface area contributed by atoms with E-state index in [4.69, 9.17) is 5.73 Å². The summed E-state index contributed by atoms with van der Waals surface area (Å²) in [6, 6.07) is 6.35. The Hall–Kier alpha value is -1.28. The summed E-state index contributed by atoms with van der Waals surface area (Å²) < 4.78 is 0. The average Bonchev–Trinajstić information content (AvgIpc) is 2.28. The number of anilines is 1. The summed E-state index contributed by atoms with van der Waals surface area (Å²) in [7, 11) is 4.28. The molecule has 0 radical (unpaired) electrons. The lowest BCUT2D eigenvalue weighted by Crippen LogP contribution is -2.19. The van der Waals surface area contributed by atoms with Gasteiger partial charge in [-0.2, -0.15) is 0 Å². The first-order valence-corrected chi connectivity index (χ1v) is 6.36. The van der Waals surface area contributed by atoms with Gasteiger partial charge in [-0.25, -0.2) is 0 Å². The molecule has 0 spiro atoms. The third-order valence-corrected chi connectivity index (χ3v) is 3.44. The fourth-order valence-corrected chi connectivity index (χ4v) is 2.74. The summed E-state index contributed by atoms with van der Waals surface area (Å²) in [5, 5.41) is 0. The maximum Gasteiger partial charge on any atom is 0.0317 e. The van der Waals surface area contributed by atoms with Crippen LogP contribution in [-0.2, 0) is 6.42 Å². The van der Waals surface area contributed by atoms with Gasteiger partial charge in [0, 0.05) is 12.2 Å². The second-order valence-corrected chi connectivity index (χ2v) is 5.09. The van der Waals surface area contributed by atoms with Crippen molar-refractivity contribution in [1.82, 2.24) is 4.90 Å². The lowest BCUT2D eigenvalue weighted by atomic mass is 9.84. The molecular formula is C15H22N2. The molecule has 0 saturated heterocycles. The molecule has 1 aromatic carbocycles. The third kappa shape index (κ3) is 2.52. The van der Waals surface area contributed by atoms with Crippen molar-refractivity contribution in [2.75, 3.05) is 26.4 Å². The highest BCUT2D eigenvalue weighted by atomic mass is 15.0. The van der Waals surface area contributed by atoms with Crippen LogP contribution >= 0.6 is 0 Å². The average molecular weight is 230 g/mol. The fourth-order valence-electron chi connectivity index (χ4n) is 2.74. The molecule has 92 valence electrons. The molecule has 17 heavy (non-hydrogen) atoms. The molecule has 0 bridgehead atoms. The number of nitrogens with two attached hydrogens (primary N) is 1. The number of aryl methyl sites for hydroxylation is 1. The van der Waals surface area contributed by atoms with Crippen molar-refractivity contribution in [3.8, 4) is 0 Å². The first kappa shape index (κ1) is 12.2. The molecule has 1 aliphatic carbocycles. The van der Waals surface area contributed by atoms with E-state index < -0.39 is 0 Å². The van der Waals surface area contributed by atoms with Crippen LogP contribution in [0.25, 0.3) is 5.57 Å². The lowest BCUT2D eigenvalue weighted by Gasteiger charge is -2.25. The second-order valence-electron chi connectivity index (χ2n) is 5.09. The summed E-state index contributed by atoms with van der Waals surface area (Å²) in [5.41, 5.74) is 12.7. The van der Waals surface area contributed by atoms with Crippen molar-refractivity contribution in [1.29, 1.82) is 0 Å². The largest absolute Gasteiger partial charge is 0.399 e. The van der Waals surface area contributed by atoms with E-state index in [0.717, 1.165) is 25.1 Å². The molecule has 0 aliphatic heterocycles. The zero-order valence-corrected chi connectivity index (χ0v) is 11.1. The number of nitrogens with zero attached hydrogens (tertiary/aromatic N) is 1. The predicted octanol–water partition coefficient (Wildman–Crippen LogP) is 2.94. The Labute approximate surface area is 104 Å². The standard InChI is InChI=1S/C15H22N2/c1-4-14-12(10-17(2)3)6-5-11-9-13(16)7-8-15(11)14/h7-9H,4-6,10,16H2,1-3H3. The third-order valence-electron chi connectivity index (χ3n) is 3.44. The Balaban J connectivity index is 2.43. The second kappa shape index (κ2) is 4.92. The number of hydrogen-bond acceptors (Lipinski definition) is 2. The zero-order chi connectivity index (χ0) is 12.4. The zero-order valence-electron chi connectivity index (χ0n) is 11.1. The van der Waals surface area contributed by atoms with Gasteiger partial charge in [0.05, 0.1) is 0 Å². The SMILES string of the molecule is CCC1=C(CN(C)C)CCc2cc(N)ccc21. The molecule has 1 aliphatic rings. The summed E-state index contributed by atoms with van der Waals surface area (Å²) in [6.45, 7) is 3.32. The number of likely N-dealkylation sites (N-methyl/N-ethyl adjacent to an activating group) is 1. The van der Waals surface area contributed by atoms with Crippen LogP contribution in [-0.4, -0.2) is 25.5 Å². The van der Waals surface area contributed by atoms with E-state index in [9.17, 15) is 0 Å². The molecule has 0 amide bonds. The number of fused-ring (bicyclic) bond motifs is 1. The highest BCUT2D eigenvalue weighted by molar-refractivity contribution is 5.74. The van der Waals surface area contributed by atoms with Crippen LogP contribution in [0.3, 0.4) is 0 Å². The van der Waals surface area contributed by atoms with E-state index in [1.54, 1.807) is 5.57 Å². The molecule has 0 saturated carbocycles. The van der Waals surface area contributed by atoms with Gasteiger partial charge in [-0.3, -0.25) is 0 Å². The minimum atomic E-state index is 0.885. The summed E-state index contributed by atoms with van der Waals surface area (Å²) in [5.74, 6) is 0. The highest BCUT2D eigenvalue weighted by Crippen LogP contribution is 2.34. The van der Waals surface area contributed by atoms with Crippen LogP contribution in [0.2, 0.25) is 0 Å². The first-order chi connectivity index (χ1) is 8.11. The van der Waals surface area contributed by atoms with Crippen LogP contribution in [0.5, 0.6) is 0 Å². The van der Waals surface area contributed by atoms with E-state index >= 15 is 0 Å². The van der Waals surface area contributed by atoms with Crippen molar-refractivity contribution in [3.05, 3.63) is 34.9 Å². The topological polar surface area (TPSA) is 29.3 Å². The Morgan fingerprint density at radius 1 is 1.24 bits per heavy atom. The number of allylic oxidation sites excluding steroid dienone is 1. The molecule has 2 heteroatoms. The van der Waals surface area contributed by atoms with Crippen LogP contribution in [0.4, 0.5) is 5.69 Å². The van der Waals surface area contributed by atoms with Gasteiger partial charge in [-0.1, -0.05) is 18.6 Å². The molecule has 0 heterocycles. The normalized spacial score (nSPS) is 15.3. The molecule has 0 aromatic heterocycles. The summed E-state index contributed by atoms with van der Waals surface area (Å²) >= 11 is 0. The van der Waals surface area contributed by atoms with E-state index in [-0.39, 0.29) is 0 Å². The fraction of sp³-hybridized carbons (Fsp3) is 0.467. The Bertz CT molecular complexity index is 444. The van der Waals surface area contributed by atoms with Crippen LogP contribution in [0.1, 0.15) is 30.9 Å². The molecule has 1 aromatic rings. The molecule has 2 N–H and O–H groups in total. The molecule has 0 atom stereocenters. The molecule has 0 unspecified atom stereocenters. The molecule has 2 rings (SSSR count). The first-order valence-electron chi connectivity index (χ1n) is 6.36. The molecule has 2 nitrogen and oxygen atoms in total. The molecular weight excluding hydrogens is 208 g/mol. The van der Waals surface area contributed by atoms with Crippen molar-refractivity contribution in [2.45, 2.75) is 26.2 Å². The summed E-state index contributed by atoms with van der Waals surface area (Å²) in [4.78, 5) is 2.26. The Morgan fingerprint density at radius 3 is 2.65 bits per heavy atom. The van der Waals surface area contributed by atoms with Crippen molar-refractivity contribution in [3.63, 3.8) is 0 Å². The number of nitrogen functional groups attached to an aromatic ring is 1. The van der Waals surface area contributed by atoms with E-state index in [1.807, 2.05) is 6.07 Å². The van der Waals surface area contributed by atoms with Crippen LogP contribution in [0.15, 0.2) is 23.8 Å². The minimum absolute atomic E-state index is 0.885. The van der Waals surface area contributed by atoms with Gasteiger partial charge in [-0.05, 0) is 62.2 Å². The quantitative estimate of drug-likeness (QED) is 0.809. The van der Waals surface area contributed by atoms with Gasteiger partial charge < -0.3 is 10.6 Å². The maximum atomic E-state index is 5.86. The molecule has 0 fully saturated rings. The Morgan fingerprint density at radius 2 is 2.00 bits per heavy atom. The lowest BCUT2D eigenvalue weighted by molar-refractivity contribution is 0.438. The smallest absolute Gasteiger partial charge is 0.0317 e. The van der Waals surface area contributed by atoms with Gasteiger partial charge >= 0.3 is 0 Å². The van der Waals surface area contributed by atoms with Gasteiger partial charge in [0.25, 0.3) is 0 Å². The van der Waals surface area contributed by atoms with Crippen LogP contribution < -0.4 is 5.73 Å². The van der Waals surface area contributed by atoms with Gasteiger partial charge in [0.15, 0.2) is 0 Å². The Kier molecular flexibility index (Phi) is 3.53. The van der Waals surface area contributed by atoms with Crippen molar-refractivity contribution < 1.29 is 0 Å². The van der Waals surface area contributed by atoms with Gasteiger partial charge in [0.1, 0.15) is 0 Å². The monoisotopic (exact) mass is 230 g/mol. The van der Waals surface area contributed by atoms with Gasteiger partial charge in [0.2, 0.25) is 0 Å².